The molecule has 0 atom stereocenters. The van der Waals surface area contributed by atoms with E-state index in [-0.39, 0.29) is 5.92 Å². The second kappa shape index (κ2) is 7.67. The van der Waals surface area contributed by atoms with E-state index < -0.39 is 0 Å². The van der Waals surface area contributed by atoms with Crippen LogP contribution in [0.2, 0.25) is 5.02 Å². The smallest absolute Gasteiger partial charge is 0.278 e. The van der Waals surface area contributed by atoms with Crippen LogP contribution >= 0.6 is 11.6 Å². The second-order valence-corrected chi connectivity index (χ2v) is 8.85. The minimum absolute atomic E-state index is 0.171. The summed E-state index contributed by atoms with van der Waals surface area (Å²) in [4.78, 5) is 13.3. The van der Waals surface area contributed by atoms with Gasteiger partial charge in [0, 0.05) is 47.1 Å². The van der Waals surface area contributed by atoms with Crippen molar-refractivity contribution in [3.63, 3.8) is 0 Å². The molecular formula is C24H20ClN7O. The van der Waals surface area contributed by atoms with Gasteiger partial charge in [0.25, 0.3) is 5.89 Å². The van der Waals surface area contributed by atoms with Crippen LogP contribution in [0.1, 0.15) is 42.4 Å². The third-order valence-corrected chi connectivity index (χ3v) is 6.02. The fraction of sp³-hybridized carbons (Fsp3) is 0.208. The molecule has 1 aromatic carbocycles. The maximum atomic E-state index is 6.39. The summed E-state index contributed by atoms with van der Waals surface area (Å²) in [7, 11) is 0. The lowest BCUT2D eigenvalue weighted by Gasteiger charge is -2.10. The van der Waals surface area contributed by atoms with E-state index in [2.05, 4.69) is 30.9 Å². The lowest BCUT2D eigenvalue weighted by Crippen LogP contribution is -2.03. The number of pyridine rings is 1. The Hall–Kier alpha value is -3.78. The fourth-order valence-electron chi connectivity index (χ4n) is 4.16. The summed E-state index contributed by atoms with van der Waals surface area (Å²) in [6.07, 6.45) is 8.08. The molecule has 0 fully saturated rings. The lowest BCUT2D eigenvalue weighted by atomic mass is 10.0. The minimum atomic E-state index is 0.171. The Balaban J connectivity index is 1.50. The number of rotatable bonds is 4. The van der Waals surface area contributed by atoms with Crippen LogP contribution in [0.15, 0.2) is 59.8 Å². The zero-order chi connectivity index (χ0) is 22.5. The van der Waals surface area contributed by atoms with Crippen LogP contribution in [0.25, 0.3) is 28.5 Å². The molecule has 5 heterocycles. The van der Waals surface area contributed by atoms with E-state index in [0.717, 1.165) is 33.8 Å². The van der Waals surface area contributed by atoms with Gasteiger partial charge in [-0.15, -0.1) is 0 Å². The van der Waals surface area contributed by atoms with Crippen LogP contribution in [0.4, 0.5) is 0 Å². The summed E-state index contributed by atoms with van der Waals surface area (Å²) in [5.41, 5.74) is 6.70. The standard InChI is InChI=1S/C24H20ClN7O/c1-14(2)23-28-24(33-30-23)22-20-9-16-12-31(11-15-5-7-26-8-6-15)29-21(16)18-10-17(25)3-4-19(18)32(20)13-27-22/h3-8,10,12-14H,9,11H2,1-2H3. The first-order valence-corrected chi connectivity index (χ1v) is 11.1. The second-order valence-electron chi connectivity index (χ2n) is 8.42. The summed E-state index contributed by atoms with van der Waals surface area (Å²) in [6, 6.07) is 9.82. The first-order valence-electron chi connectivity index (χ1n) is 10.7. The fourth-order valence-corrected chi connectivity index (χ4v) is 4.33. The van der Waals surface area contributed by atoms with Gasteiger partial charge < -0.3 is 9.09 Å². The maximum absolute atomic E-state index is 6.39. The molecule has 1 aliphatic heterocycles. The van der Waals surface area contributed by atoms with Gasteiger partial charge in [-0.25, -0.2) is 4.98 Å². The molecule has 0 amide bonds. The molecule has 9 heteroatoms. The Bertz CT molecular complexity index is 1470. The molecule has 0 bridgehead atoms. The summed E-state index contributed by atoms with van der Waals surface area (Å²) in [5, 5.41) is 9.71. The molecule has 0 saturated heterocycles. The SMILES string of the molecule is CC(C)c1noc(-c2ncn3c2Cc2cn(Cc4ccncc4)nc2-c2cc(Cl)ccc2-3)n1. The molecular weight excluding hydrogens is 438 g/mol. The molecule has 0 saturated carbocycles. The molecule has 0 unspecified atom stereocenters. The Morgan fingerprint density at radius 3 is 2.76 bits per heavy atom. The van der Waals surface area contributed by atoms with E-state index in [4.69, 9.17) is 21.2 Å². The van der Waals surface area contributed by atoms with Crippen molar-refractivity contribution < 1.29 is 4.52 Å². The van der Waals surface area contributed by atoms with Gasteiger partial charge in [0.1, 0.15) is 6.33 Å². The van der Waals surface area contributed by atoms with E-state index in [0.29, 0.717) is 35.4 Å². The number of fused-ring (bicyclic) bond motifs is 5. The topological polar surface area (TPSA) is 87.5 Å². The molecule has 0 N–H and O–H groups in total. The maximum Gasteiger partial charge on any atom is 0.278 e. The number of aromatic nitrogens is 7. The lowest BCUT2D eigenvalue weighted by molar-refractivity contribution is 0.418. The molecule has 0 aliphatic carbocycles. The van der Waals surface area contributed by atoms with Crippen molar-refractivity contribution in [3.05, 3.63) is 82.9 Å². The van der Waals surface area contributed by atoms with Gasteiger partial charge in [0.15, 0.2) is 11.5 Å². The van der Waals surface area contributed by atoms with Crippen molar-refractivity contribution in [1.82, 2.24) is 34.5 Å². The third kappa shape index (κ3) is 3.43. The number of halogens is 1. The van der Waals surface area contributed by atoms with Gasteiger partial charge in [-0.1, -0.05) is 30.6 Å². The molecule has 0 radical (unpaired) electrons. The number of hydrogen-bond acceptors (Lipinski definition) is 6. The van der Waals surface area contributed by atoms with Gasteiger partial charge in [-0.2, -0.15) is 10.1 Å². The quantitative estimate of drug-likeness (QED) is 0.373. The van der Waals surface area contributed by atoms with Crippen molar-refractivity contribution in [2.24, 2.45) is 0 Å². The van der Waals surface area contributed by atoms with Crippen LogP contribution in [0, 0.1) is 0 Å². The van der Waals surface area contributed by atoms with Gasteiger partial charge in [0.05, 0.1) is 23.6 Å². The number of benzene rings is 1. The highest BCUT2D eigenvalue weighted by atomic mass is 35.5. The largest absolute Gasteiger partial charge is 0.332 e. The molecule has 0 spiro atoms. The van der Waals surface area contributed by atoms with Crippen molar-refractivity contribution in [1.29, 1.82) is 0 Å². The van der Waals surface area contributed by atoms with Gasteiger partial charge in [-0.05, 0) is 35.9 Å². The predicted molar refractivity (Wildman–Crippen MR) is 123 cm³/mol. The van der Waals surface area contributed by atoms with Gasteiger partial charge in [-0.3, -0.25) is 9.67 Å². The van der Waals surface area contributed by atoms with E-state index in [9.17, 15) is 0 Å². The Morgan fingerprint density at radius 1 is 1.12 bits per heavy atom. The van der Waals surface area contributed by atoms with Crippen LogP contribution < -0.4 is 0 Å². The molecule has 1 aliphatic rings. The zero-order valence-corrected chi connectivity index (χ0v) is 18.9. The van der Waals surface area contributed by atoms with E-state index in [1.807, 2.05) is 48.9 Å². The highest BCUT2D eigenvalue weighted by Gasteiger charge is 2.28. The summed E-state index contributed by atoms with van der Waals surface area (Å²) in [5.74, 6) is 1.26. The third-order valence-electron chi connectivity index (χ3n) is 5.79. The zero-order valence-electron chi connectivity index (χ0n) is 18.1. The van der Waals surface area contributed by atoms with E-state index >= 15 is 0 Å². The summed E-state index contributed by atoms with van der Waals surface area (Å²) in [6.45, 7) is 4.72. The highest BCUT2D eigenvalue weighted by Crippen LogP contribution is 2.38. The predicted octanol–water partition coefficient (Wildman–Crippen LogP) is 4.91. The average Bonchev–Trinajstić information content (AvgIpc) is 3.52. The molecule has 8 nitrogen and oxygen atoms in total. The minimum Gasteiger partial charge on any atom is -0.332 e. The van der Waals surface area contributed by atoms with Crippen molar-refractivity contribution in [3.8, 4) is 28.5 Å². The summed E-state index contributed by atoms with van der Waals surface area (Å²) < 4.78 is 9.59. The van der Waals surface area contributed by atoms with Crippen molar-refractivity contribution >= 4 is 11.6 Å². The summed E-state index contributed by atoms with van der Waals surface area (Å²) >= 11 is 6.39. The van der Waals surface area contributed by atoms with Crippen LogP contribution in [-0.2, 0) is 13.0 Å². The molecule has 164 valence electrons. The Morgan fingerprint density at radius 2 is 1.97 bits per heavy atom. The molecule has 6 rings (SSSR count). The number of imidazole rings is 1. The van der Waals surface area contributed by atoms with Crippen molar-refractivity contribution in [2.45, 2.75) is 32.7 Å². The molecule has 4 aromatic heterocycles. The van der Waals surface area contributed by atoms with Crippen LogP contribution in [-0.4, -0.2) is 34.5 Å². The highest BCUT2D eigenvalue weighted by molar-refractivity contribution is 6.31. The van der Waals surface area contributed by atoms with E-state index in [1.54, 1.807) is 18.7 Å². The first kappa shape index (κ1) is 19.9. The Kier molecular flexibility index (Phi) is 4.62. The van der Waals surface area contributed by atoms with Crippen molar-refractivity contribution in [2.75, 3.05) is 0 Å². The first-order chi connectivity index (χ1) is 16.1. The monoisotopic (exact) mass is 457 g/mol. The molecule has 33 heavy (non-hydrogen) atoms. The normalized spacial score (nSPS) is 12.4. The van der Waals surface area contributed by atoms with Gasteiger partial charge >= 0.3 is 0 Å². The van der Waals surface area contributed by atoms with Gasteiger partial charge in [0.2, 0.25) is 0 Å². The average molecular weight is 458 g/mol. The Labute approximate surface area is 194 Å². The van der Waals surface area contributed by atoms with E-state index in [1.165, 1.54) is 0 Å². The van der Waals surface area contributed by atoms with Crippen LogP contribution in [0.5, 0.6) is 0 Å². The molecule has 5 aromatic rings. The number of nitrogens with zero attached hydrogens (tertiary/aromatic N) is 7. The van der Waals surface area contributed by atoms with Crippen LogP contribution in [0.3, 0.4) is 0 Å². The number of hydrogen-bond donors (Lipinski definition) is 0.